The summed E-state index contributed by atoms with van der Waals surface area (Å²) >= 11 is 0. The van der Waals surface area contributed by atoms with E-state index in [2.05, 4.69) is 9.44 Å². The van der Waals surface area contributed by atoms with E-state index in [1.54, 1.807) is 44.2 Å². The highest BCUT2D eigenvalue weighted by Gasteiger charge is 2.37. The van der Waals surface area contributed by atoms with Gasteiger partial charge in [-0.3, -0.25) is 10.1 Å². The summed E-state index contributed by atoms with van der Waals surface area (Å²) in [7, 11) is -4.11. The molecule has 0 spiro atoms. The van der Waals surface area contributed by atoms with E-state index in [0.717, 1.165) is 18.2 Å². The van der Waals surface area contributed by atoms with Gasteiger partial charge in [-0.1, -0.05) is 30.3 Å². The molecule has 0 unspecified atom stereocenters. The SMILES string of the molecule is CC(C)NS(=O)(=O)N[C@@](C)(C[C@H](O)c1ccccc1)c1cc([N+](=O)[O-])ccc1F. The molecule has 0 aromatic heterocycles. The number of hydrogen-bond donors (Lipinski definition) is 3. The van der Waals surface area contributed by atoms with Crippen LogP contribution in [0.3, 0.4) is 0 Å². The summed E-state index contributed by atoms with van der Waals surface area (Å²) < 4.78 is 44.4. The van der Waals surface area contributed by atoms with E-state index in [1.807, 2.05) is 0 Å². The molecular formula is C19H24FN3O5S. The first kappa shape index (κ1) is 22.9. The molecule has 2 rings (SSSR count). The molecule has 0 heterocycles. The fourth-order valence-electron chi connectivity index (χ4n) is 3.07. The third-order valence-electron chi connectivity index (χ3n) is 4.29. The lowest BCUT2D eigenvalue weighted by molar-refractivity contribution is -0.385. The van der Waals surface area contributed by atoms with Gasteiger partial charge in [0.1, 0.15) is 5.82 Å². The van der Waals surface area contributed by atoms with Gasteiger partial charge in [0.05, 0.1) is 16.6 Å². The van der Waals surface area contributed by atoms with E-state index in [0.29, 0.717) is 5.56 Å². The van der Waals surface area contributed by atoms with Gasteiger partial charge in [-0.2, -0.15) is 17.9 Å². The summed E-state index contributed by atoms with van der Waals surface area (Å²) in [6.45, 7) is 4.60. The fourth-order valence-corrected chi connectivity index (χ4v) is 4.54. The number of benzene rings is 2. The predicted molar refractivity (Wildman–Crippen MR) is 107 cm³/mol. The number of nitrogens with one attached hydrogen (secondary N) is 2. The molecule has 0 bridgehead atoms. The number of nitrogens with zero attached hydrogens (tertiary/aromatic N) is 1. The van der Waals surface area contributed by atoms with Crippen LogP contribution in [-0.2, 0) is 15.7 Å². The minimum atomic E-state index is -4.11. The molecule has 158 valence electrons. The predicted octanol–water partition coefficient (Wildman–Crippen LogP) is 2.91. The molecule has 0 saturated heterocycles. The van der Waals surface area contributed by atoms with E-state index < -0.39 is 44.3 Å². The molecule has 0 aliphatic carbocycles. The molecule has 0 fully saturated rings. The Morgan fingerprint density at radius 3 is 2.38 bits per heavy atom. The van der Waals surface area contributed by atoms with E-state index in [9.17, 15) is 28.0 Å². The average Bonchev–Trinajstić information content (AvgIpc) is 2.60. The van der Waals surface area contributed by atoms with Gasteiger partial charge >= 0.3 is 0 Å². The lowest BCUT2D eigenvalue weighted by Gasteiger charge is -2.33. The molecule has 0 radical (unpaired) electrons. The van der Waals surface area contributed by atoms with Crippen LogP contribution in [0.15, 0.2) is 48.5 Å². The normalized spacial score (nSPS) is 15.1. The summed E-state index contributed by atoms with van der Waals surface area (Å²) in [5.74, 6) is -0.828. The van der Waals surface area contributed by atoms with Crippen molar-refractivity contribution in [3.8, 4) is 0 Å². The van der Waals surface area contributed by atoms with Crippen molar-refractivity contribution in [3.05, 3.63) is 75.6 Å². The van der Waals surface area contributed by atoms with E-state index >= 15 is 0 Å². The number of aliphatic hydroxyl groups is 1. The van der Waals surface area contributed by atoms with Gasteiger partial charge in [0.15, 0.2) is 0 Å². The van der Waals surface area contributed by atoms with Crippen LogP contribution in [0.2, 0.25) is 0 Å². The van der Waals surface area contributed by atoms with Crippen LogP contribution in [0.1, 0.15) is 44.4 Å². The number of rotatable bonds is 9. The first-order valence-electron chi connectivity index (χ1n) is 8.92. The second-order valence-electron chi connectivity index (χ2n) is 7.26. The van der Waals surface area contributed by atoms with E-state index in [1.165, 1.54) is 6.92 Å². The monoisotopic (exact) mass is 425 g/mol. The third-order valence-corrected chi connectivity index (χ3v) is 5.79. The Morgan fingerprint density at radius 1 is 1.21 bits per heavy atom. The largest absolute Gasteiger partial charge is 0.388 e. The second-order valence-corrected chi connectivity index (χ2v) is 8.71. The summed E-state index contributed by atoms with van der Waals surface area (Å²) in [6.07, 6.45) is -1.41. The zero-order chi connectivity index (χ0) is 21.8. The van der Waals surface area contributed by atoms with Crippen LogP contribution >= 0.6 is 0 Å². The Hall–Kier alpha value is -2.40. The summed E-state index contributed by atoms with van der Waals surface area (Å²) in [6, 6.07) is 10.9. The Balaban J connectivity index is 2.53. The molecule has 0 aliphatic rings. The van der Waals surface area contributed by atoms with Crippen molar-refractivity contribution in [1.29, 1.82) is 0 Å². The van der Waals surface area contributed by atoms with E-state index in [-0.39, 0.29) is 12.0 Å². The van der Waals surface area contributed by atoms with Crippen LogP contribution in [-0.4, -0.2) is 24.5 Å². The molecule has 8 nitrogen and oxygen atoms in total. The number of halogens is 1. The average molecular weight is 425 g/mol. The van der Waals surface area contributed by atoms with Crippen molar-refractivity contribution < 1.29 is 22.8 Å². The number of nitro groups is 1. The zero-order valence-electron chi connectivity index (χ0n) is 16.3. The maximum Gasteiger partial charge on any atom is 0.277 e. The summed E-state index contributed by atoms with van der Waals surface area (Å²) in [5.41, 5.74) is -1.80. The maximum absolute atomic E-state index is 14.7. The summed E-state index contributed by atoms with van der Waals surface area (Å²) in [5, 5.41) is 21.8. The standard InChI is InChI=1S/C19H24FN3O5S/c1-13(2)21-29(27,28)22-19(3,12-18(24)14-7-5-4-6-8-14)16-11-15(23(25)26)9-10-17(16)20/h4-11,13,18,21-22,24H,12H2,1-3H3/t18-,19-/m0/s1. The third kappa shape index (κ3) is 6.04. The molecule has 0 aliphatic heterocycles. The highest BCUT2D eigenvalue weighted by Crippen LogP contribution is 2.35. The number of nitro benzene ring substituents is 1. The Kier molecular flexibility index (Phi) is 7.06. The summed E-state index contributed by atoms with van der Waals surface area (Å²) in [4.78, 5) is 10.5. The Morgan fingerprint density at radius 2 is 1.83 bits per heavy atom. The van der Waals surface area contributed by atoms with Gasteiger partial charge in [0.2, 0.25) is 0 Å². The maximum atomic E-state index is 14.7. The van der Waals surface area contributed by atoms with Gasteiger partial charge in [-0.05, 0) is 32.4 Å². The molecule has 10 heteroatoms. The van der Waals surface area contributed by atoms with Crippen molar-refractivity contribution in [2.75, 3.05) is 0 Å². The van der Waals surface area contributed by atoms with Crippen molar-refractivity contribution in [2.24, 2.45) is 0 Å². The Labute approximate surface area is 169 Å². The van der Waals surface area contributed by atoms with Crippen molar-refractivity contribution >= 4 is 15.9 Å². The van der Waals surface area contributed by atoms with Crippen molar-refractivity contribution in [1.82, 2.24) is 9.44 Å². The Bertz CT molecular complexity index is 969. The highest BCUT2D eigenvalue weighted by atomic mass is 32.2. The highest BCUT2D eigenvalue weighted by molar-refractivity contribution is 7.87. The molecule has 3 N–H and O–H groups in total. The first-order chi connectivity index (χ1) is 13.4. The quantitative estimate of drug-likeness (QED) is 0.421. The minimum absolute atomic E-state index is 0.240. The molecular weight excluding hydrogens is 401 g/mol. The van der Waals surface area contributed by atoms with Crippen LogP contribution in [0.5, 0.6) is 0 Å². The van der Waals surface area contributed by atoms with Gasteiger partial charge < -0.3 is 5.11 Å². The minimum Gasteiger partial charge on any atom is -0.388 e. The molecule has 0 saturated carbocycles. The lowest BCUT2D eigenvalue weighted by Crippen LogP contribution is -2.51. The fraction of sp³-hybridized carbons (Fsp3) is 0.368. The molecule has 0 amide bonds. The number of aliphatic hydroxyl groups excluding tert-OH is 1. The molecule has 2 aromatic rings. The molecule has 2 atom stereocenters. The van der Waals surface area contributed by atoms with Crippen molar-refractivity contribution in [2.45, 2.75) is 44.9 Å². The van der Waals surface area contributed by atoms with Gasteiger partial charge in [0, 0.05) is 30.2 Å². The molecule has 2 aromatic carbocycles. The van der Waals surface area contributed by atoms with Crippen LogP contribution in [0.25, 0.3) is 0 Å². The topological polar surface area (TPSA) is 122 Å². The van der Waals surface area contributed by atoms with Gasteiger partial charge in [-0.15, -0.1) is 0 Å². The van der Waals surface area contributed by atoms with Gasteiger partial charge in [0.25, 0.3) is 15.9 Å². The number of hydrogen-bond acceptors (Lipinski definition) is 5. The lowest BCUT2D eigenvalue weighted by atomic mass is 9.85. The molecule has 29 heavy (non-hydrogen) atoms. The zero-order valence-corrected chi connectivity index (χ0v) is 17.1. The number of non-ortho nitro benzene ring substituents is 1. The van der Waals surface area contributed by atoms with Crippen LogP contribution in [0, 0.1) is 15.9 Å². The van der Waals surface area contributed by atoms with E-state index in [4.69, 9.17) is 0 Å². The van der Waals surface area contributed by atoms with Crippen LogP contribution in [0.4, 0.5) is 10.1 Å². The van der Waals surface area contributed by atoms with Crippen LogP contribution < -0.4 is 9.44 Å². The second kappa shape index (κ2) is 8.95. The first-order valence-corrected chi connectivity index (χ1v) is 10.4. The van der Waals surface area contributed by atoms with Crippen molar-refractivity contribution in [3.63, 3.8) is 0 Å². The smallest absolute Gasteiger partial charge is 0.277 e. The van der Waals surface area contributed by atoms with Gasteiger partial charge in [-0.25, -0.2) is 4.39 Å².